The van der Waals surface area contributed by atoms with Gasteiger partial charge in [0.2, 0.25) is 5.91 Å². The average Bonchev–Trinajstić information content (AvgIpc) is 3.29. The van der Waals surface area contributed by atoms with E-state index in [0.29, 0.717) is 23.8 Å². The number of nitrogens with one attached hydrogen (secondary N) is 2. The molecule has 32 heavy (non-hydrogen) atoms. The van der Waals surface area contributed by atoms with Gasteiger partial charge in [-0.25, -0.2) is 9.37 Å². The standard InChI is InChI=1S/C23H24FN5O3/c1-15(30)25-16-10-11-19(24)18(13-16)22-26-23(28-27-22)20-9-5-6-12-29(20)21(31)14-32-17-7-3-2-4-8-17/h2-4,7-8,10-11,13,20H,5-6,9,12,14H2,1H3,(H,25,30)(H,26,27,28). The molecule has 8 nitrogen and oxygen atoms in total. The van der Waals surface area contributed by atoms with Crippen LogP contribution >= 0.6 is 0 Å². The first-order chi connectivity index (χ1) is 15.5. The van der Waals surface area contributed by atoms with Gasteiger partial charge in [0.15, 0.2) is 12.4 Å². The Morgan fingerprint density at radius 3 is 2.81 bits per heavy atom. The number of nitrogens with zero attached hydrogens (tertiary/aromatic N) is 3. The predicted molar refractivity (Wildman–Crippen MR) is 116 cm³/mol. The van der Waals surface area contributed by atoms with Crippen LogP contribution in [-0.4, -0.2) is 45.0 Å². The molecule has 2 heterocycles. The van der Waals surface area contributed by atoms with Crippen LogP contribution in [0.3, 0.4) is 0 Å². The van der Waals surface area contributed by atoms with Gasteiger partial charge in [-0.1, -0.05) is 18.2 Å². The number of rotatable bonds is 6. The van der Waals surface area contributed by atoms with Crippen molar-refractivity contribution < 1.29 is 18.7 Å². The van der Waals surface area contributed by atoms with E-state index >= 15 is 0 Å². The molecule has 1 unspecified atom stereocenters. The summed E-state index contributed by atoms with van der Waals surface area (Å²) >= 11 is 0. The summed E-state index contributed by atoms with van der Waals surface area (Å²) < 4.78 is 20.0. The molecule has 2 aromatic carbocycles. The largest absolute Gasteiger partial charge is 0.484 e. The van der Waals surface area contributed by atoms with Crippen molar-refractivity contribution in [3.63, 3.8) is 0 Å². The van der Waals surface area contributed by atoms with Crippen molar-refractivity contribution in [2.75, 3.05) is 18.5 Å². The summed E-state index contributed by atoms with van der Waals surface area (Å²) in [6, 6.07) is 13.1. The van der Waals surface area contributed by atoms with Crippen molar-refractivity contribution in [3.8, 4) is 17.1 Å². The van der Waals surface area contributed by atoms with Gasteiger partial charge in [-0.05, 0) is 49.6 Å². The highest BCUT2D eigenvalue weighted by atomic mass is 19.1. The second-order valence-corrected chi connectivity index (χ2v) is 7.62. The number of aromatic amines is 1. The molecular formula is C23H24FN5O3. The van der Waals surface area contributed by atoms with E-state index in [1.165, 1.54) is 25.1 Å². The van der Waals surface area contributed by atoms with Crippen LogP contribution < -0.4 is 10.1 Å². The summed E-state index contributed by atoms with van der Waals surface area (Å²) in [6.45, 7) is 1.89. The average molecular weight is 437 g/mol. The van der Waals surface area contributed by atoms with Gasteiger partial charge in [-0.2, -0.15) is 5.10 Å². The molecule has 0 aliphatic carbocycles. The van der Waals surface area contributed by atoms with Crippen LogP contribution in [0.25, 0.3) is 11.4 Å². The minimum Gasteiger partial charge on any atom is -0.484 e. The predicted octanol–water partition coefficient (Wildman–Crippen LogP) is 3.70. The lowest BCUT2D eigenvalue weighted by atomic mass is 10.0. The molecule has 1 aliphatic heterocycles. The molecule has 4 rings (SSSR count). The molecular weight excluding hydrogens is 413 g/mol. The van der Waals surface area contributed by atoms with Crippen LogP contribution in [0.2, 0.25) is 0 Å². The number of hydrogen-bond donors (Lipinski definition) is 2. The number of H-pyrrole nitrogens is 1. The lowest BCUT2D eigenvalue weighted by Crippen LogP contribution is -2.41. The van der Waals surface area contributed by atoms with Crippen LogP contribution in [0, 0.1) is 5.82 Å². The number of likely N-dealkylation sites (tertiary alicyclic amines) is 1. The van der Waals surface area contributed by atoms with Gasteiger partial charge >= 0.3 is 0 Å². The molecule has 1 fully saturated rings. The van der Waals surface area contributed by atoms with Gasteiger partial charge in [0.1, 0.15) is 17.4 Å². The molecule has 1 aliphatic rings. The molecule has 1 saturated heterocycles. The third kappa shape index (κ3) is 4.93. The van der Waals surface area contributed by atoms with E-state index in [9.17, 15) is 14.0 Å². The Bertz CT molecular complexity index is 1100. The Morgan fingerprint density at radius 1 is 1.22 bits per heavy atom. The number of aromatic nitrogens is 3. The molecule has 0 saturated carbocycles. The Balaban J connectivity index is 1.51. The Kier molecular flexibility index (Phi) is 6.44. The van der Waals surface area contributed by atoms with Crippen molar-refractivity contribution in [1.29, 1.82) is 0 Å². The fourth-order valence-electron chi connectivity index (χ4n) is 3.78. The minimum atomic E-state index is -0.502. The zero-order chi connectivity index (χ0) is 22.5. The highest BCUT2D eigenvalue weighted by molar-refractivity contribution is 5.89. The van der Waals surface area contributed by atoms with Crippen LogP contribution in [0.4, 0.5) is 10.1 Å². The van der Waals surface area contributed by atoms with Crippen LogP contribution in [0.1, 0.15) is 38.1 Å². The first-order valence-electron chi connectivity index (χ1n) is 10.5. The summed E-state index contributed by atoms with van der Waals surface area (Å²) in [5.41, 5.74) is 0.618. The van der Waals surface area contributed by atoms with Gasteiger partial charge in [-0.3, -0.25) is 14.7 Å². The number of anilines is 1. The van der Waals surface area contributed by atoms with E-state index in [4.69, 9.17) is 4.74 Å². The maximum absolute atomic E-state index is 14.4. The number of carbonyl (C=O) groups is 2. The number of piperidine rings is 1. The van der Waals surface area contributed by atoms with Crippen molar-refractivity contribution in [1.82, 2.24) is 20.1 Å². The van der Waals surface area contributed by atoms with E-state index in [1.807, 2.05) is 18.2 Å². The van der Waals surface area contributed by atoms with Crippen molar-refractivity contribution in [2.45, 2.75) is 32.2 Å². The first-order valence-corrected chi connectivity index (χ1v) is 10.5. The van der Waals surface area contributed by atoms with E-state index in [1.54, 1.807) is 17.0 Å². The van der Waals surface area contributed by atoms with Gasteiger partial charge < -0.3 is 15.0 Å². The smallest absolute Gasteiger partial charge is 0.261 e. The summed E-state index contributed by atoms with van der Waals surface area (Å²) in [5, 5.41) is 9.67. The van der Waals surface area contributed by atoms with Gasteiger partial charge in [0, 0.05) is 19.2 Å². The summed E-state index contributed by atoms with van der Waals surface area (Å²) in [4.78, 5) is 30.4. The number of hydrogen-bond acceptors (Lipinski definition) is 5. The quantitative estimate of drug-likeness (QED) is 0.613. The molecule has 2 amide bonds. The van der Waals surface area contributed by atoms with E-state index in [0.717, 1.165) is 19.3 Å². The number of amides is 2. The van der Waals surface area contributed by atoms with Gasteiger partial charge in [0.05, 0.1) is 11.6 Å². The fourth-order valence-corrected chi connectivity index (χ4v) is 3.78. The van der Waals surface area contributed by atoms with Crippen molar-refractivity contribution >= 4 is 17.5 Å². The summed E-state index contributed by atoms with van der Waals surface area (Å²) in [7, 11) is 0. The fraction of sp³-hybridized carbons (Fsp3) is 0.304. The van der Waals surface area contributed by atoms with Crippen LogP contribution in [0.15, 0.2) is 48.5 Å². The molecule has 0 radical (unpaired) electrons. The summed E-state index contributed by atoms with van der Waals surface area (Å²) in [5.74, 6) is 0.395. The van der Waals surface area contributed by atoms with Gasteiger partial charge in [-0.15, -0.1) is 0 Å². The minimum absolute atomic E-state index is 0.0745. The van der Waals surface area contributed by atoms with Crippen LogP contribution in [0.5, 0.6) is 5.75 Å². The van der Waals surface area contributed by atoms with Crippen LogP contribution in [-0.2, 0) is 9.59 Å². The second kappa shape index (κ2) is 9.59. The summed E-state index contributed by atoms with van der Waals surface area (Å²) in [6.07, 6.45) is 2.55. The number of carbonyl (C=O) groups excluding carboxylic acids is 2. The maximum atomic E-state index is 14.4. The topological polar surface area (TPSA) is 100 Å². The second-order valence-electron chi connectivity index (χ2n) is 7.62. The lowest BCUT2D eigenvalue weighted by molar-refractivity contribution is -0.137. The molecule has 3 aromatic rings. The van der Waals surface area contributed by atoms with E-state index in [2.05, 4.69) is 20.5 Å². The van der Waals surface area contributed by atoms with Crippen molar-refractivity contribution in [2.24, 2.45) is 0 Å². The molecule has 0 bridgehead atoms. The molecule has 2 N–H and O–H groups in total. The number of ether oxygens (including phenoxy) is 1. The van der Waals surface area contributed by atoms with Crippen molar-refractivity contribution in [3.05, 3.63) is 60.2 Å². The van der Waals surface area contributed by atoms with E-state index < -0.39 is 5.82 Å². The molecule has 9 heteroatoms. The molecule has 1 atom stereocenters. The number of halogens is 1. The SMILES string of the molecule is CC(=O)Nc1ccc(F)c(-c2n[nH]c(C3CCCCN3C(=O)COc3ccccc3)n2)c1. The normalized spacial score (nSPS) is 15.9. The first kappa shape index (κ1) is 21.5. The molecule has 0 spiro atoms. The number of benzene rings is 2. The highest BCUT2D eigenvalue weighted by Crippen LogP contribution is 2.31. The Hall–Kier alpha value is -3.75. The Morgan fingerprint density at radius 2 is 2.03 bits per heavy atom. The highest BCUT2D eigenvalue weighted by Gasteiger charge is 2.31. The lowest BCUT2D eigenvalue weighted by Gasteiger charge is -2.34. The third-order valence-electron chi connectivity index (χ3n) is 5.27. The molecule has 1 aromatic heterocycles. The van der Waals surface area contributed by atoms with E-state index in [-0.39, 0.29) is 35.9 Å². The third-order valence-corrected chi connectivity index (χ3v) is 5.27. The Labute approximate surface area is 184 Å². The number of para-hydroxylation sites is 1. The van der Waals surface area contributed by atoms with Gasteiger partial charge in [0.25, 0.3) is 5.91 Å². The zero-order valence-corrected chi connectivity index (χ0v) is 17.7. The zero-order valence-electron chi connectivity index (χ0n) is 17.7. The molecule has 166 valence electrons. The monoisotopic (exact) mass is 437 g/mol. The maximum Gasteiger partial charge on any atom is 0.261 e.